The highest BCUT2D eigenvalue weighted by molar-refractivity contribution is 5.85. The second-order valence-electron chi connectivity index (χ2n) is 5.36. The molecule has 102 valence electrons. The fraction of sp³-hybridized carbons (Fsp3) is 0.222. The van der Waals surface area contributed by atoms with Crippen molar-refractivity contribution in [2.24, 2.45) is 12.8 Å². The molecule has 2 aromatic carbocycles. The predicted octanol–water partition coefficient (Wildman–Crippen LogP) is 3.58. The molecule has 1 aromatic heterocycles. The van der Waals surface area contributed by atoms with Gasteiger partial charge in [-0.3, -0.25) is 0 Å². The number of nitrogens with zero attached hydrogens (tertiary/aromatic N) is 1. The minimum Gasteiger partial charge on any atom is -0.350 e. The maximum atomic E-state index is 6.10. The van der Waals surface area contributed by atoms with Crippen LogP contribution in [0.3, 0.4) is 0 Å². The van der Waals surface area contributed by atoms with Crippen LogP contribution in [0, 0.1) is 6.92 Å². The minimum absolute atomic E-state index is 0.252. The van der Waals surface area contributed by atoms with E-state index in [-0.39, 0.29) is 5.92 Å². The number of aryl methyl sites for hydroxylation is 2. The Bertz CT molecular complexity index is 740. The summed E-state index contributed by atoms with van der Waals surface area (Å²) in [5.74, 6) is 0.252. The van der Waals surface area contributed by atoms with E-state index in [0.717, 1.165) is 0 Å². The lowest BCUT2D eigenvalue weighted by Gasteiger charge is -2.17. The zero-order valence-electron chi connectivity index (χ0n) is 12.0. The van der Waals surface area contributed by atoms with Crippen LogP contribution in [0.4, 0.5) is 0 Å². The average molecular weight is 264 g/mol. The molecule has 1 heterocycles. The van der Waals surface area contributed by atoms with Gasteiger partial charge in [0.15, 0.2) is 0 Å². The molecular formula is C18H20N2. The Morgan fingerprint density at radius 1 is 1.00 bits per heavy atom. The molecule has 3 aromatic rings. The molecule has 3 rings (SSSR count). The Labute approximate surface area is 119 Å². The molecule has 2 nitrogen and oxygen atoms in total. The van der Waals surface area contributed by atoms with Gasteiger partial charge >= 0.3 is 0 Å². The van der Waals surface area contributed by atoms with Crippen molar-refractivity contribution in [3.63, 3.8) is 0 Å². The van der Waals surface area contributed by atoms with Crippen LogP contribution in [0.25, 0.3) is 10.9 Å². The fourth-order valence-corrected chi connectivity index (χ4v) is 3.05. The van der Waals surface area contributed by atoms with E-state index in [2.05, 4.69) is 73.3 Å². The smallest absolute Gasteiger partial charge is 0.0480 e. The highest BCUT2D eigenvalue weighted by Gasteiger charge is 2.18. The maximum absolute atomic E-state index is 6.10. The van der Waals surface area contributed by atoms with Gasteiger partial charge in [-0.15, -0.1) is 0 Å². The molecule has 0 aliphatic rings. The molecule has 0 radical (unpaired) electrons. The Kier molecular flexibility index (Phi) is 3.33. The molecule has 0 amide bonds. The summed E-state index contributed by atoms with van der Waals surface area (Å²) >= 11 is 0. The summed E-state index contributed by atoms with van der Waals surface area (Å²) in [7, 11) is 2.09. The Hall–Kier alpha value is -2.06. The van der Waals surface area contributed by atoms with Crippen molar-refractivity contribution >= 4 is 10.9 Å². The molecule has 0 bridgehead atoms. The molecule has 2 N–H and O–H groups in total. The summed E-state index contributed by atoms with van der Waals surface area (Å²) in [5, 5.41) is 1.30. The Balaban J connectivity index is 2.20. The van der Waals surface area contributed by atoms with E-state index in [1.807, 2.05) is 0 Å². The standard InChI is InChI=1S/C18H20N2/c1-13-7-3-4-8-14(13)16(11-19)17-12-20(2)18-10-6-5-9-15(17)18/h3-10,12,16H,11,19H2,1-2H3. The van der Waals surface area contributed by atoms with E-state index in [1.54, 1.807) is 0 Å². The summed E-state index contributed by atoms with van der Waals surface area (Å²) in [4.78, 5) is 0. The van der Waals surface area contributed by atoms with Gasteiger partial charge in [0.25, 0.3) is 0 Å². The number of hydrogen-bond donors (Lipinski definition) is 1. The van der Waals surface area contributed by atoms with Crippen LogP contribution < -0.4 is 5.73 Å². The molecule has 1 atom stereocenters. The molecule has 0 spiro atoms. The van der Waals surface area contributed by atoms with Gasteiger partial charge in [0.2, 0.25) is 0 Å². The number of rotatable bonds is 3. The molecule has 2 heteroatoms. The number of hydrogen-bond acceptors (Lipinski definition) is 1. The Morgan fingerprint density at radius 2 is 1.70 bits per heavy atom. The van der Waals surface area contributed by atoms with Gasteiger partial charge in [0.05, 0.1) is 0 Å². The summed E-state index contributed by atoms with van der Waals surface area (Å²) in [6.07, 6.45) is 2.22. The largest absolute Gasteiger partial charge is 0.350 e. The van der Waals surface area contributed by atoms with E-state index in [1.165, 1.54) is 27.6 Å². The first-order valence-electron chi connectivity index (χ1n) is 7.02. The van der Waals surface area contributed by atoms with Gasteiger partial charge in [-0.25, -0.2) is 0 Å². The van der Waals surface area contributed by atoms with E-state index < -0.39 is 0 Å². The van der Waals surface area contributed by atoms with Crippen molar-refractivity contribution in [2.75, 3.05) is 6.54 Å². The average Bonchev–Trinajstić information content (AvgIpc) is 2.80. The van der Waals surface area contributed by atoms with Crippen LogP contribution >= 0.6 is 0 Å². The van der Waals surface area contributed by atoms with Gasteiger partial charge in [0, 0.05) is 36.6 Å². The van der Waals surface area contributed by atoms with Crippen molar-refractivity contribution in [3.8, 4) is 0 Å². The van der Waals surface area contributed by atoms with Crippen molar-refractivity contribution in [3.05, 3.63) is 71.4 Å². The minimum atomic E-state index is 0.252. The van der Waals surface area contributed by atoms with Gasteiger partial charge in [-0.2, -0.15) is 0 Å². The van der Waals surface area contributed by atoms with Crippen LogP contribution in [0.15, 0.2) is 54.7 Å². The monoisotopic (exact) mass is 264 g/mol. The van der Waals surface area contributed by atoms with Gasteiger partial charge in [-0.05, 0) is 29.7 Å². The molecule has 0 aliphatic carbocycles. The lowest BCUT2D eigenvalue weighted by molar-refractivity contribution is 0.810. The van der Waals surface area contributed by atoms with Crippen molar-refractivity contribution in [2.45, 2.75) is 12.8 Å². The number of nitrogens with two attached hydrogens (primary N) is 1. The summed E-state index contributed by atoms with van der Waals surface area (Å²) in [5.41, 5.74) is 11.3. The van der Waals surface area contributed by atoms with Gasteiger partial charge < -0.3 is 10.3 Å². The van der Waals surface area contributed by atoms with Crippen molar-refractivity contribution in [1.82, 2.24) is 4.57 Å². The molecule has 20 heavy (non-hydrogen) atoms. The van der Waals surface area contributed by atoms with Crippen LogP contribution in [0.2, 0.25) is 0 Å². The van der Waals surface area contributed by atoms with Crippen LogP contribution in [-0.4, -0.2) is 11.1 Å². The zero-order chi connectivity index (χ0) is 14.1. The quantitative estimate of drug-likeness (QED) is 0.770. The first kappa shape index (κ1) is 12.9. The lowest BCUT2D eigenvalue weighted by atomic mass is 9.88. The lowest BCUT2D eigenvalue weighted by Crippen LogP contribution is -2.14. The van der Waals surface area contributed by atoms with Crippen LogP contribution in [0.1, 0.15) is 22.6 Å². The third-order valence-electron chi connectivity index (χ3n) is 4.10. The van der Waals surface area contributed by atoms with E-state index in [4.69, 9.17) is 5.73 Å². The first-order chi connectivity index (χ1) is 9.72. The Morgan fingerprint density at radius 3 is 2.45 bits per heavy atom. The van der Waals surface area contributed by atoms with E-state index >= 15 is 0 Å². The topological polar surface area (TPSA) is 30.9 Å². The normalized spacial score (nSPS) is 12.8. The second-order valence-corrected chi connectivity index (χ2v) is 5.36. The van der Waals surface area contributed by atoms with Gasteiger partial charge in [0.1, 0.15) is 0 Å². The highest BCUT2D eigenvalue weighted by Crippen LogP contribution is 2.32. The molecule has 0 fully saturated rings. The SMILES string of the molecule is Cc1ccccc1C(CN)c1cn(C)c2ccccc12. The zero-order valence-corrected chi connectivity index (χ0v) is 12.0. The van der Waals surface area contributed by atoms with E-state index in [9.17, 15) is 0 Å². The number of benzene rings is 2. The van der Waals surface area contributed by atoms with Crippen LogP contribution in [-0.2, 0) is 7.05 Å². The maximum Gasteiger partial charge on any atom is 0.0480 e. The number of aromatic nitrogens is 1. The van der Waals surface area contributed by atoms with Crippen LogP contribution in [0.5, 0.6) is 0 Å². The first-order valence-corrected chi connectivity index (χ1v) is 7.02. The number of para-hydroxylation sites is 1. The van der Waals surface area contributed by atoms with E-state index in [0.29, 0.717) is 6.54 Å². The number of fused-ring (bicyclic) bond motifs is 1. The second kappa shape index (κ2) is 5.14. The third-order valence-corrected chi connectivity index (χ3v) is 4.10. The third kappa shape index (κ3) is 2.02. The molecule has 0 saturated carbocycles. The van der Waals surface area contributed by atoms with Crippen molar-refractivity contribution in [1.29, 1.82) is 0 Å². The molecule has 1 unspecified atom stereocenters. The fourth-order valence-electron chi connectivity index (χ4n) is 3.05. The highest BCUT2D eigenvalue weighted by atomic mass is 14.9. The summed E-state index contributed by atoms with van der Waals surface area (Å²) in [6.45, 7) is 2.78. The predicted molar refractivity (Wildman–Crippen MR) is 85.0 cm³/mol. The van der Waals surface area contributed by atoms with Crippen molar-refractivity contribution < 1.29 is 0 Å². The molecule has 0 aliphatic heterocycles. The summed E-state index contributed by atoms with van der Waals surface area (Å²) < 4.78 is 2.19. The van der Waals surface area contributed by atoms with Gasteiger partial charge in [-0.1, -0.05) is 42.5 Å². The summed E-state index contributed by atoms with van der Waals surface area (Å²) in [6, 6.07) is 17.0. The molecule has 0 saturated heterocycles. The molecular weight excluding hydrogens is 244 g/mol.